The van der Waals surface area contributed by atoms with Crippen LogP contribution in [0.3, 0.4) is 0 Å². The van der Waals surface area contributed by atoms with Crippen LogP contribution in [0, 0.1) is 70.1 Å². The SMILES string of the molecule is C=C.C=C.C=C(C)C.C=C(C)N=C(C)C.CC.CC.CC.CC.CC.CC.CCC.CCCC.CC[C@H](Cc1cc(S(N=O)(N=O)N=O)c(C)cc1C)c1ccc(C)cc1.Cc1cc(C)c(S(=O)(=O)O)cc1C.Cc1ccc(C)cc1. The molecule has 0 saturated carbocycles. The van der Waals surface area contributed by atoms with E-state index in [2.05, 4.69) is 162 Å². The van der Waals surface area contributed by atoms with Crippen LogP contribution in [0.4, 0.5) is 0 Å². The maximum atomic E-state index is 11.2. The highest BCUT2D eigenvalue weighted by molar-refractivity contribution is 8.30. The van der Waals surface area contributed by atoms with Crippen molar-refractivity contribution in [3.05, 3.63) is 194 Å². The molecule has 0 spiro atoms. The molecular weight excluding hydrogens is 1040 g/mol. The molecule has 4 aromatic carbocycles. The number of hydrogen-bond donors (Lipinski definition) is 1. The third-order valence-corrected chi connectivity index (χ3v) is 11.6. The van der Waals surface area contributed by atoms with Crippen molar-refractivity contribution in [2.45, 2.75) is 256 Å². The molecule has 4 aromatic rings. The molecule has 10 nitrogen and oxygen atoms in total. The summed E-state index contributed by atoms with van der Waals surface area (Å²) in [6, 6.07) is 23.7. The number of nitroso groups, excluding NO2 is 3. The predicted molar refractivity (Wildman–Crippen MR) is 375 cm³/mol. The Morgan fingerprint density at radius 2 is 0.765 bits per heavy atom. The third kappa shape index (κ3) is 57.6. The molecule has 0 amide bonds. The molecule has 1 atom stereocenters. The van der Waals surface area contributed by atoms with Gasteiger partial charge in [0.2, 0.25) is 0 Å². The summed E-state index contributed by atoms with van der Waals surface area (Å²) in [7, 11) is -7.54. The van der Waals surface area contributed by atoms with Crippen LogP contribution >= 0.6 is 10.6 Å². The summed E-state index contributed by atoms with van der Waals surface area (Å²) in [4.78, 5) is 37.7. The van der Waals surface area contributed by atoms with Crippen LogP contribution in [-0.2, 0) is 16.5 Å². The van der Waals surface area contributed by atoms with E-state index in [0.29, 0.717) is 11.1 Å². The maximum Gasteiger partial charge on any atom is 0.294 e. The summed E-state index contributed by atoms with van der Waals surface area (Å²) < 4.78 is 38.7. The molecule has 4 rings (SSSR count). The van der Waals surface area contributed by atoms with Gasteiger partial charge in [-0.05, 0) is 160 Å². The zero-order valence-electron chi connectivity index (χ0n) is 57.9. The van der Waals surface area contributed by atoms with Gasteiger partial charge >= 0.3 is 0 Å². The van der Waals surface area contributed by atoms with Gasteiger partial charge in [0.1, 0.15) is 0 Å². The Morgan fingerprint density at radius 3 is 1.01 bits per heavy atom. The average molecular weight is 1170 g/mol. The maximum absolute atomic E-state index is 11.2. The fraction of sp³-hybridized carbons (Fsp3) is 0.522. The number of allylic oxidation sites excluding steroid dienone is 2. The van der Waals surface area contributed by atoms with Gasteiger partial charge in [-0.15, -0.1) is 47.6 Å². The molecule has 0 bridgehead atoms. The summed E-state index contributed by atoms with van der Waals surface area (Å²) in [6.07, 6.45) is 5.55. The van der Waals surface area contributed by atoms with Crippen molar-refractivity contribution < 1.29 is 13.0 Å². The second kappa shape index (κ2) is 70.7. The largest absolute Gasteiger partial charge is 0.294 e. The Labute approximate surface area is 504 Å². The van der Waals surface area contributed by atoms with E-state index in [9.17, 15) is 23.1 Å². The van der Waals surface area contributed by atoms with Crippen LogP contribution in [0.2, 0.25) is 0 Å². The minimum atomic E-state index is -4.07. The number of nitrogens with zero attached hydrogens (tertiary/aromatic N) is 4. The normalized spacial score (nSPS) is 9.12. The summed E-state index contributed by atoms with van der Waals surface area (Å²) in [5.74, 6) is 0.284. The number of benzene rings is 4. The highest BCUT2D eigenvalue weighted by Crippen LogP contribution is 2.61. The fourth-order valence-electron chi connectivity index (χ4n) is 5.38. The van der Waals surface area contributed by atoms with E-state index in [1.54, 1.807) is 26.0 Å². The third-order valence-electron chi connectivity index (χ3n) is 8.95. The smallest absolute Gasteiger partial charge is 0.282 e. The van der Waals surface area contributed by atoms with Gasteiger partial charge in [-0.25, -0.2) is 0 Å². The molecule has 12 heteroatoms. The monoisotopic (exact) mass is 1170 g/mol. The van der Waals surface area contributed by atoms with Crippen LogP contribution in [-0.4, -0.2) is 18.7 Å². The van der Waals surface area contributed by atoms with Crippen molar-refractivity contribution >= 4 is 26.4 Å². The van der Waals surface area contributed by atoms with Gasteiger partial charge in [-0.3, -0.25) is 9.55 Å². The summed E-state index contributed by atoms with van der Waals surface area (Å²) >= 11 is 0. The molecule has 1 N–H and O–H groups in total. The second-order valence-corrected chi connectivity index (χ2v) is 19.9. The molecule has 0 heterocycles. The minimum absolute atomic E-state index is 0.00407. The van der Waals surface area contributed by atoms with Crippen molar-refractivity contribution in [1.82, 2.24) is 0 Å². The van der Waals surface area contributed by atoms with E-state index in [-0.39, 0.29) is 15.7 Å². The number of aryl methyl sites for hydroxylation is 8. The van der Waals surface area contributed by atoms with Gasteiger partial charge < -0.3 is 0 Å². The van der Waals surface area contributed by atoms with Gasteiger partial charge in [0.05, 0.1) is 9.79 Å². The first-order valence-electron chi connectivity index (χ1n) is 29.1. The van der Waals surface area contributed by atoms with E-state index in [1.807, 2.05) is 145 Å². The number of rotatable bonds is 11. The van der Waals surface area contributed by atoms with E-state index in [1.165, 1.54) is 53.2 Å². The van der Waals surface area contributed by atoms with Crippen LogP contribution in [0.1, 0.15) is 240 Å². The average Bonchev–Trinajstić information content (AvgIpc) is 3.46. The predicted octanol–water partition coefficient (Wildman–Crippen LogP) is 25.3. The lowest BCUT2D eigenvalue weighted by Crippen LogP contribution is -2.05. The molecule has 0 saturated heterocycles. The highest BCUT2D eigenvalue weighted by atomic mass is 32.3. The Balaban J connectivity index is -0.0000000838. The zero-order valence-corrected chi connectivity index (χ0v) is 59.5. The van der Waals surface area contributed by atoms with Crippen LogP contribution in [0.5, 0.6) is 0 Å². The quantitative estimate of drug-likeness (QED) is 0.0682. The first kappa shape index (κ1) is 101. The van der Waals surface area contributed by atoms with Crippen molar-refractivity contribution in [3.63, 3.8) is 0 Å². The van der Waals surface area contributed by atoms with Gasteiger partial charge in [0.25, 0.3) is 10.1 Å². The van der Waals surface area contributed by atoms with Gasteiger partial charge in [0, 0.05) is 25.2 Å². The van der Waals surface area contributed by atoms with Crippen molar-refractivity contribution in [2.24, 2.45) is 18.7 Å². The van der Waals surface area contributed by atoms with Gasteiger partial charge in [-0.2, -0.15) is 8.42 Å². The zero-order chi connectivity index (χ0) is 67.1. The number of hydrogen-bond acceptors (Lipinski definition) is 9. The van der Waals surface area contributed by atoms with Crippen LogP contribution < -0.4 is 0 Å². The van der Waals surface area contributed by atoms with Crippen molar-refractivity contribution in [1.29, 1.82) is 0 Å². The Kier molecular flexibility index (Phi) is 87.9. The Bertz CT molecular complexity index is 2180. The van der Waals surface area contributed by atoms with Crippen LogP contribution in [0.15, 0.2) is 152 Å². The van der Waals surface area contributed by atoms with Crippen molar-refractivity contribution in [3.8, 4) is 0 Å². The minimum Gasteiger partial charge on any atom is -0.282 e. The van der Waals surface area contributed by atoms with Crippen molar-refractivity contribution in [2.75, 3.05) is 0 Å². The topological polar surface area (TPSA) is 155 Å². The van der Waals surface area contributed by atoms with Gasteiger partial charge in [0.15, 0.2) is 10.6 Å². The number of unbranched alkanes of at least 4 members (excludes halogenated alkanes) is 1. The lowest BCUT2D eigenvalue weighted by atomic mass is 9.87. The molecule has 0 radical (unpaired) electrons. The van der Waals surface area contributed by atoms with E-state index in [4.69, 9.17) is 4.55 Å². The standard InChI is InChI=1S/C19H23N3O3S.C9H12O3S.C8H10.C6H11N.C4H8.C4H10.C3H8.6C2H6.2C2H4/c1-5-16(17-8-6-13(2)7-9-17)11-18-12-19(15(4)10-14(18)3)26(20-23,21-24)22-25;1-6-4-8(3)9(5-7(6)2)13(10,11)12;1-7-3-5-8(2)6-4-7;1-5(2)7-6(3)4;1-4(2)3;1-3-4-2;1-3-2;8*1-2/h6-10,12,16H,5,11H2,1-4H3;4-5H,1-3H3,(H,10,11,12);3-6H,1-2H3;1H2,2-4H3;1H2,2-3H3;3-4H2,1-2H3;3H2,1-2H3;6*1-2H3;2*1-2H2/t16-;;;;;;;;;;;;;;/m1............../s1. The Hall–Kier alpha value is -5.43. The molecule has 470 valence electrons. The first-order valence-corrected chi connectivity index (χ1v) is 32.1. The summed E-state index contributed by atoms with van der Waals surface area (Å²) in [5, 5.41) is 0. The second-order valence-electron chi connectivity index (χ2n) is 16.5. The number of aliphatic imine (C=N–C) groups is 1. The van der Waals surface area contributed by atoms with E-state index < -0.39 is 20.7 Å². The summed E-state index contributed by atoms with van der Waals surface area (Å²) in [5.41, 5.74) is 13.3. The van der Waals surface area contributed by atoms with Crippen LogP contribution in [0.25, 0.3) is 0 Å². The highest BCUT2D eigenvalue weighted by Gasteiger charge is 2.34. The molecule has 0 fully saturated rings. The lowest BCUT2D eigenvalue weighted by Gasteiger charge is -2.22. The van der Waals surface area contributed by atoms with E-state index in [0.717, 1.165) is 46.5 Å². The molecule has 0 unspecified atom stereocenters. The Morgan fingerprint density at radius 1 is 0.481 bits per heavy atom. The molecule has 81 heavy (non-hydrogen) atoms. The molecule has 0 aromatic heterocycles. The fourth-order valence-corrected chi connectivity index (χ4v) is 7.29. The van der Waals surface area contributed by atoms with E-state index >= 15 is 0 Å². The lowest BCUT2D eigenvalue weighted by molar-refractivity contribution is 0.482. The first-order chi connectivity index (χ1) is 38.2. The molecule has 0 aliphatic carbocycles. The summed E-state index contributed by atoms with van der Waals surface area (Å²) in [6.45, 7) is 78.9. The van der Waals surface area contributed by atoms with Gasteiger partial charge in [-0.1, -0.05) is 226 Å². The molecule has 0 aliphatic rings. The molecular formula is C69H126N4O6S2. The molecule has 0 aliphatic heterocycles.